The monoisotopic (exact) mass is 563 g/mol. The Labute approximate surface area is 223 Å². The summed E-state index contributed by atoms with van der Waals surface area (Å²) in [5, 5.41) is 10.6. The number of aromatic nitrogens is 3. The normalized spacial score (nSPS) is 11.8. The number of hydrogen-bond acceptors (Lipinski definition) is 7. The third-order valence-electron chi connectivity index (χ3n) is 5.40. The number of rotatable bonds is 7. The fourth-order valence-electron chi connectivity index (χ4n) is 3.56. The minimum Gasteiger partial charge on any atom is -0.507 e. The Bertz CT molecular complexity index is 1460. The highest BCUT2D eigenvalue weighted by atomic mass is 19.4. The van der Waals surface area contributed by atoms with Gasteiger partial charge in [0.15, 0.2) is 24.1 Å². The molecule has 0 aliphatic rings. The van der Waals surface area contributed by atoms with Gasteiger partial charge in [0.25, 0.3) is 0 Å². The van der Waals surface area contributed by atoms with Crippen LogP contribution in [0.25, 0.3) is 34.2 Å². The second-order valence-electron chi connectivity index (χ2n) is 8.24. The van der Waals surface area contributed by atoms with Gasteiger partial charge >= 0.3 is 18.3 Å². The van der Waals surface area contributed by atoms with Crippen molar-refractivity contribution in [3.8, 4) is 45.7 Å². The molecule has 4 aromatic rings. The van der Waals surface area contributed by atoms with E-state index in [9.17, 15) is 36.2 Å². The maximum Gasteiger partial charge on any atom is 0.416 e. The van der Waals surface area contributed by atoms with E-state index in [1.165, 1.54) is 24.3 Å². The van der Waals surface area contributed by atoms with E-state index in [-0.39, 0.29) is 46.5 Å². The van der Waals surface area contributed by atoms with Crippen LogP contribution in [0.2, 0.25) is 0 Å². The average Bonchev–Trinajstić information content (AvgIpc) is 2.91. The Morgan fingerprint density at radius 3 is 1.77 bits per heavy atom. The first-order valence-corrected chi connectivity index (χ1v) is 11.6. The van der Waals surface area contributed by atoms with Crippen molar-refractivity contribution in [1.82, 2.24) is 15.0 Å². The predicted molar refractivity (Wildman–Crippen MR) is 130 cm³/mol. The van der Waals surface area contributed by atoms with Gasteiger partial charge in [0.2, 0.25) is 0 Å². The van der Waals surface area contributed by atoms with E-state index in [0.717, 1.165) is 42.5 Å². The lowest BCUT2D eigenvalue weighted by molar-refractivity contribution is -0.145. The van der Waals surface area contributed by atoms with Crippen LogP contribution in [0.15, 0.2) is 66.7 Å². The molecule has 0 radical (unpaired) electrons. The van der Waals surface area contributed by atoms with E-state index in [2.05, 4.69) is 15.0 Å². The van der Waals surface area contributed by atoms with E-state index in [1.54, 1.807) is 6.92 Å². The third-order valence-corrected chi connectivity index (χ3v) is 5.40. The molecule has 0 aliphatic heterocycles. The van der Waals surface area contributed by atoms with Crippen LogP contribution in [0.3, 0.4) is 0 Å². The molecular weight excluding hydrogens is 544 g/mol. The second-order valence-corrected chi connectivity index (χ2v) is 8.24. The third kappa shape index (κ3) is 6.65. The lowest BCUT2D eigenvalue weighted by Crippen LogP contribution is -2.14. The molecule has 0 saturated heterocycles. The molecule has 0 fully saturated rings. The van der Waals surface area contributed by atoms with Gasteiger partial charge in [0.05, 0.1) is 23.3 Å². The number of phenolic OH excluding ortho intramolecular Hbond substituents is 1. The van der Waals surface area contributed by atoms with Gasteiger partial charge in [0, 0.05) is 17.2 Å². The maximum atomic E-state index is 13.3. The van der Waals surface area contributed by atoms with Crippen LogP contribution in [-0.2, 0) is 21.9 Å². The van der Waals surface area contributed by atoms with Gasteiger partial charge in [-0.2, -0.15) is 26.3 Å². The number of phenols is 1. The zero-order valence-electron chi connectivity index (χ0n) is 20.5. The lowest BCUT2D eigenvalue weighted by atomic mass is 10.1. The molecule has 0 unspecified atom stereocenters. The van der Waals surface area contributed by atoms with Gasteiger partial charge in [-0.05, 0) is 43.3 Å². The van der Waals surface area contributed by atoms with Crippen LogP contribution in [0, 0.1) is 0 Å². The van der Waals surface area contributed by atoms with Crippen molar-refractivity contribution in [2.45, 2.75) is 19.3 Å². The van der Waals surface area contributed by atoms with E-state index >= 15 is 0 Å². The molecule has 1 N–H and O–H groups in total. The van der Waals surface area contributed by atoms with Crippen molar-refractivity contribution in [1.29, 1.82) is 0 Å². The van der Waals surface area contributed by atoms with Crippen molar-refractivity contribution in [2.24, 2.45) is 0 Å². The van der Waals surface area contributed by atoms with Crippen molar-refractivity contribution in [3.63, 3.8) is 0 Å². The highest BCUT2D eigenvalue weighted by molar-refractivity contribution is 5.72. The first-order chi connectivity index (χ1) is 18.8. The number of ether oxygens (including phenoxy) is 2. The zero-order valence-corrected chi connectivity index (χ0v) is 20.5. The smallest absolute Gasteiger partial charge is 0.416 e. The summed E-state index contributed by atoms with van der Waals surface area (Å²) < 4.78 is 90.1. The molecule has 3 aromatic carbocycles. The second kappa shape index (κ2) is 11.2. The van der Waals surface area contributed by atoms with Crippen molar-refractivity contribution in [3.05, 3.63) is 77.9 Å². The quantitative estimate of drug-likeness (QED) is 0.201. The average molecular weight is 563 g/mol. The van der Waals surface area contributed by atoms with Crippen LogP contribution >= 0.6 is 0 Å². The fraction of sp³-hybridized carbons (Fsp3) is 0.185. The lowest BCUT2D eigenvalue weighted by Gasteiger charge is -2.13. The summed E-state index contributed by atoms with van der Waals surface area (Å²) >= 11 is 0. The topological polar surface area (TPSA) is 94.4 Å². The number of nitrogens with zero attached hydrogens (tertiary/aromatic N) is 3. The Balaban J connectivity index is 1.82. The molecule has 208 valence electrons. The highest BCUT2D eigenvalue weighted by Gasteiger charge is 2.32. The molecule has 0 atom stereocenters. The summed E-state index contributed by atoms with van der Waals surface area (Å²) in [6.07, 6.45) is -9.35. The first kappa shape index (κ1) is 28.3. The number of halogens is 6. The van der Waals surface area contributed by atoms with Crippen LogP contribution in [0.1, 0.15) is 18.1 Å². The molecule has 1 heterocycles. The molecule has 0 aliphatic carbocycles. The minimum absolute atomic E-state index is 0.0210. The van der Waals surface area contributed by atoms with Crippen molar-refractivity contribution >= 4 is 5.97 Å². The Morgan fingerprint density at radius 1 is 0.775 bits per heavy atom. The Hall–Kier alpha value is -4.68. The van der Waals surface area contributed by atoms with E-state index in [1.807, 2.05) is 0 Å². The number of benzene rings is 3. The molecule has 0 spiro atoms. The van der Waals surface area contributed by atoms with E-state index in [4.69, 9.17) is 9.47 Å². The molecular formula is C27H19F6N3O4. The zero-order chi connectivity index (χ0) is 29.1. The molecule has 0 saturated carbocycles. The standard InChI is InChI=1S/C27H19F6N3O4/c1-2-39-22(38)14-40-19-9-10-20(21(37)13-19)25-35-23(15-5-3-7-17(11-15)26(28,29)30)34-24(36-25)16-6-4-8-18(12-16)27(31,32)33/h3-13,37H,2,14H2,1H3. The van der Waals surface area contributed by atoms with Crippen molar-refractivity contribution < 1.29 is 45.7 Å². The molecule has 0 amide bonds. The van der Waals surface area contributed by atoms with E-state index in [0.29, 0.717) is 0 Å². The largest absolute Gasteiger partial charge is 0.507 e. The Kier molecular flexibility index (Phi) is 7.93. The van der Waals surface area contributed by atoms with Gasteiger partial charge in [0.1, 0.15) is 11.5 Å². The first-order valence-electron chi connectivity index (χ1n) is 11.6. The highest BCUT2D eigenvalue weighted by Crippen LogP contribution is 2.36. The number of carbonyl (C=O) groups is 1. The molecule has 13 heteroatoms. The SMILES string of the molecule is CCOC(=O)COc1ccc(-c2nc(-c3cccc(C(F)(F)F)c3)nc(-c3cccc(C(F)(F)F)c3)n2)c(O)c1. The molecule has 7 nitrogen and oxygen atoms in total. The summed E-state index contributed by atoms with van der Waals surface area (Å²) in [5.74, 6) is -1.77. The summed E-state index contributed by atoms with van der Waals surface area (Å²) in [4.78, 5) is 24.1. The Morgan fingerprint density at radius 2 is 1.30 bits per heavy atom. The number of aromatic hydroxyl groups is 1. The maximum absolute atomic E-state index is 13.3. The molecule has 0 bridgehead atoms. The summed E-state index contributed by atoms with van der Waals surface area (Å²) in [6, 6.07) is 12.0. The number of esters is 1. The number of hydrogen-bond donors (Lipinski definition) is 1. The van der Waals surface area contributed by atoms with Gasteiger partial charge < -0.3 is 14.6 Å². The van der Waals surface area contributed by atoms with Crippen LogP contribution in [-0.4, -0.2) is 39.2 Å². The van der Waals surface area contributed by atoms with Gasteiger partial charge in [-0.3, -0.25) is 0 Å². The number of carbonyl (C=O) groups excluding carboxylic acids is 1. The van der Waals surface area contributed by atoms with Crippen LogP contribution < -0.4 is 4.74 Å². The summed E-state index contributed by atoms with van der Waals surface area (Å²) in [7, 11) is 0. The van der Waals surface area contributed by atoms with Gasteiger partial charge in [-0.25, -0.2) is 19.7 Å². The molecule has 4 rings (SSSR count). The minimum atomic E-state index is -4.67. The van der Waals surface area contributed by atoms with Gasteiger partial charge in [-0.15, -0.1) is 0 Å². The molecule has 40 heavy (non-hydrogen) atoms. The summed E-state index contributed by atoms with van der Waals surface area (Å²) in [5.41, 5.74) is -2.16. The van der Waals surface area contributed by atoms with Crippen molar-refractivity contribution in [2.75, 3.05) is 13.2 Å². The van der Waals surface area contributed by atoms with Crippen LogP contribution in [0.4, 0.5) is 26.3 Å². The fourth-order valence-corrected chi connectivity index (χ4v) is 3.56. The van der Waals surface area contributed by atoms with Gasteiger partial charge in [-0.1, -0.05) is 24.3 Å². The molecule has 1 aromatic heterocycles. The van der Waals surface area contributed by atoms with Crippen LogP contribution in [0.5, 0.6) is 11.5 Å². The number of alkyl halides is 6. The predicted octanol–water partition coefficient (Wildman–Crippen LogP) is 6.56. The van der Waals surface area contributed by atoms with E-state index < -0.39 is 41.8 Å². The summed E-state index contributed by atoms with van der Waals surface area (Å²) in [6.45, 7) is 1.33.